The number of imide groups is 2. The zero-order valence-electron chi connectivity index (χ0n) is 30.2. The van der Waals surface area contributed by atoms with Gasteiger partial charge in [0, 0.05) is 51.1 Å². The van der Waals surface area contributed by atoms with Gasteiger partial charge in [-0.15, -0.1) is 5.10 Å². The van der Waals surface area contributed by atoms with Gasteiger partial charge in [-0.2, -0.15) is 0 Å². The van der Waals surface area contributed by atoms with Crippen LogP contribution in [-0.4, -0.2) is 99.2 Å². The van der Waals surface area contributed by atoms with E-state index in [-0.39, 0.29) is 35.6 Å². The number of aryl methyl sites for hydroxylation is 1. The molecule has 4 amide bonds. The van der Waals surface area contributed by atoms with Crippen LogP contribution in [0.1, 0.15) is 51.7 Å². The summed E-state index contributed by atoms with van der Waals surface area (Å²) in [7, 11) is 4.86. The molecule has 54 heavy (non-hydrogen) atoms. The molecule has 2 aromatic carbocycles. The largest absolute Gasteiger partial charge is 0.496 e. The predicted octanol–water partition coefficient (Wildman–Crippen LogP) is 0.613. The summed E-state index contributed by atoms with van der Waals surface area (Å²) in [5.41, 5.74) is 3.29. The van der Waals surface area contributed by atoms with E-state index in [1.807, 2.05) is 31.3 Å². The molecule has 0 radical (unpaired) electrons. The third kappa shape index (κ3) is 6.55. The van der Waals surface area contributed by atoms with Gasteiger partial charge in [0.25, 0.3) is 17.4 Å². The maximum absolute atomic E-state index is 13.2. The number of piperidine rings is 1. The van der Waals surface area contributed by atoms with Crippen molar-refractivity contribution in [2.24, 2.45) is 12.0 Å². The number of fused-ring (bicyclic) bond motifs is 1. The van der Waals surface area contributed by atoms with Crippen LogP contribution in [0.5, 0.6) is 17.2 Å². The lowest BCUT2D eigenvalue weighted by molar-refractivity contribution is -0.136. The Hall–Kier alpha value is -6.42. The summed E-state index contributed by atoms with van der Waals surface area (Å²) >= 11 is 0. The molecule has 0 aliphatic carbocycles. The number of rotatable bonds is 11. The summed E-state index contributed by atoms with van der Waals surface area (Å²) in [5, 5.41) is 12.1. The van der Waals surface area contributed by atoms with Crippen molar-refractivity contribution in [1.29, 1.82) is 0 Å². The fraction of sp³-hybridized carbons (Fsp3) is 0.316. The SMILES string of the molecule is C=N/C=c1/c(=O)n(C)cc(-c2cc(OC)c(Cn3cc(CN4CC(Oc5ccc6c(c5)C(=O)N(C5CCC(=O)NC5=O)C6=O)C4)nn3)c(OC)c2)/c1=C/C. The van der Waals surface area contributed by atoms with E-state index >= 15 is 0 Å². The highest BCUT2D eigenvalue weighted by Gasteiger charge is 2.45. The molecule has 3 aliphatic heterocycles. The van der Waals surface area contributed by atoms with Crippen molar-refractivity contribution in [2.45, 2.75) is 45.0 Å². The van der Waals surface area contributed by atoms with E-state index in [1.54, 1.807) is 38.2 Å². The Morgan fingerprint density at radius 3 is 2.33 bits per heavy atom. The van der Waals surface area contributed by atoms with Crippen LogP contribution in [0, 0.1) is 0 Å². The van der Waals surface area contributed by atoms with Crippen LogP contribution in [-0.2, 0) is 29.7 Å². The minimum absolute atomic E-state index is 0.0546. The van der Waals surface area contributed by atoms with Gasteiger partial charge in [0.2, 0.25) is 11.8 Å². The van der Waals surface area contributed by atoms with Crippen molar-refractivity contribution in [1.82, 2.24) is 34.7 Å². The Balaban J connectivity index is 0.997. The first-order valence-electron chi connectivity index (χ1n) is 17.2. The smallest absolute Gasteiger partial charge is 0.262 e. The van der Waals surface area contributed by atoms with Crippen molar-refractivity contribution in [3.63, 3.8) is 0 Å². The lowest BCUT2D eigenvalue weighted by atomic mass is 10.0. The summed E-state index contributed by atoms with van der Waals surface area (Å²) < 4.78 is 21.0. The van der Waals surface area contributed by atoms with Gasteiger partial charge in [-0.05, 0) is 61.2 Å². The van der Waals surface area contributed by atoms with Gasteiger partial charge < -0.3 is 18.8 Å². The molecule has 2 saturated heterocycles. The first-order chi connectivity index (χ1) is 26.0. The molecule has 2 aromatic heterocycles. The molecule has 278 valence electrons. The number of ether oxygens (including phenoxy) is 3. The van der Waals surface area contributed by atoms with E-state index in [0.29, 0.717) is 48.6 Å². The van der Waals surface area contributed by atoms with Crippen molar-refractivity contribution in [3.05, 3.63) is 85.9 Å². The number of pyridine rings is 1. The van der Waals surface area contributed by atoms with Gasteiger partial charge in [0.05, 0.1) is 54.6 Å². The van der Waals surface area contributed by atoms with Crippen LogP contribution in [0.2, 0.25) is 0 Å². The van der Waals surface area contributed by atoms with E-state index in [4.69, 9.17) is 14.2 Å². The van der Waals surface area contributed by atoms with Crippen molar-refractivity contribution >= 4 is 42.6 Å². The molecule has 1 N–H and O–H groups in total. The second-order valence-corrected chi connectivity index (χ2v) is 13.2. The number of carbonyl (C=O) groups is 4. The minimum atomic E-state index is -1.03. The van der Waals surface area contributed by atoms with Crippen LogP contribution >= 0.6 is 0 Å². The van der Waals surface area contributed by atoms with Gasteiger partial charge in [0.1, 0.15) is 29.4 Å². The average molecular weight is 735 g/mol. The molecule has 3 aliphatic rings. The number of hydrogen-bond acceptors (Lipinski definition) is 12. The van der Waals surface area contributed by atoms with E-state index in [1.165, 1.54) is 22.9 Å². The lowest BCUT2D eigenvalue weighted by Crippen LogP contribution is -2.54. The van der Waals surface area contributed by atoms with E-state index in [9.17, 15) is 24.0 Å². The minimum Gasteiger partial charge on any atom is -0.496 e. The molecule has 1 atom stereocenters. The zero-order valence-corrected chi connectivity index (χ0v) is 30.2. The third-order valence-electron chi connectivity index (χ3n) is 9.81. The highest BCUT2D eigenvalue weighted by molar-refractivity contribution is 6.23. The second-order valence-electron chi connectivity index (χ2n) is 13.2. The van der Waals surface area contributed by atoms with Gasteiger partial charge in [-0.3, -0.25) is 44.1 Å². The fourth-order valence-electron chi connectivity index (χ4n) is 7.15. The molecule has 1 unspecified atom stereocenters. The third-order valence-corrected chi connectivity index (χ3v) is 9.81. The summed E-state index contributed by atoms with van der Waals surface area (Å²) in [4.78, 5) is 69.9. The maximum Gasteiger partial charge on any atom is 0.262 e. The number of methoxy groups -OCH3 is 2. The van der Waals surface area contributed by atoms with Crippen LogP contribution in [0.25, 0.3) is 23.4 Å². The molecular formula is C38H38N8O8. The van der Waals surface area contributed by atoms with Gasteiger partial charge >= 0.3 is 0 Å². The number of hydrogen-bond donors (Lipinski definition) is 1. The summed E-state index contributed by atoms with van der Waals surface area (Å²) in [6.07, 6.45) is 6.95. The number of aliphatic imine (C=N–C) groups is 1. The first kappa shape index (κ1) is 36.0. The summed E-state index contributed by atoms with van der Waals surface area (Å²) in [6.45, 7) is 7.45. The molecule has 0 spiro atoms. The number of carbonyl (C=O) groups excluding carboxylic acids is 4. The van der Waals surface area contributed by atoms with Crippen molar-refractivity contribution < 1.29 is 33.4 Å². The van der Waals surface area contributed by atoms with Crippen molar-refractivity contribution in [3.8, 4) is 28.4 Å². The lowest BCUT2D eigenvalue weighted by Gasteiger charge is -2.38. The van der Waals surface area contributed by atoms with E-state index in [2.05, 4.69) is 32.2 Å². The molecule has 4 aromatic rings. The number of benzene rings is 2. The predicted molar refractivity (Wildman–Crippen MR) is 196 cm³/mol. The molecule has 2 fully saturated rings. The molecule has 0 bridgehead atoms. The molecule has 7 rings (SSSR count). The highest BCUT2D eigenvalue weighted by Crippen LogP contribution is 2.35. The van der Waals surface area contributed by atoms with Crippen LogP contribution in [0.15, 0.2) is 52.5 Å². The molecule has 5 heterocycles. The van der Waals surface area contributed by atoms with Crippen molar-refractivity contribution in [2.75, 3.05) is 27.3 Å². The van der Waals surface area contributed by atoms with E-state index < -0.39 is 29.7 Å². The van der Waals surface area contributed by atoms with Crippen LogP contribution in [0.4, 0.5) is 0 Å². The Kier molecular flexibility index (Phi) is 9.68. The first-order valence-corrected chi connectivity index (χ1v) is 17.2. The van der Waals surface area contributed by atoms with Crippen LogP contribution < -0.4 is 35.5 Å². The van der Waals surface area contributed by atoms with E-state index in [0.717, 1.165) is 32.5 Å². The number of likely N-dealkylation sites (tertiary alicyclic amines) is 1. The zero-order chi connectivity index (χ0) is 38.3. The maximum atomic E-state index is 13.2. The Labute approximate surface area is 308 Å². The fourth-order valence-corrected chi connectivity index (χ4v) is 7.15. The number of nitrogens with one attached hydrogen (secondary N) is 1. The molecule has 0 saturated carbocycles. The number of amides is 4. The van der Waals surface area contributed by atoms with Crippen LogP contribution in [0.3, 0.4) is 0 Å². The average Bonchev–Trinajstić information content (AvgIpc) is 3.69. The second kappa shape index (κ2) is 14.5. The number of aromatic nitrogens is 4. The molecule has 16 heteroatoms. The summed E-state index contributed by atoms with van der Waals surface area (Å²) in [5.74, 6) is -0.623. The monoisotopic (exact) mass is 734 g/mol. The molecular weight excluding hydrogens is 696 g/mol. The van der Waals surface area contributed by atoms with Gasteiger partial charge in [0.15, 0.2) is 0 Å². The highest BCUT2D eigenvalue weighted by atomic mass is 16.5. The summed E-state index contributed by atoms with van der Waals surface area (Å²) in [6, 6.07) is 7.48. The Bertz CT molecular complexity index is 2390. The van der Waals surface area contributed by atoms with Gasteiger partial charge in [-0.25, -0.2) is 4.68 Å². The topological polar surface area (TPSA) is 180 Å². The standard InChI is InChI=1S/C38H38N8O8/c1-6-25-28(14-39-2)36(49)43(3)19-29(25)21-11-32(52-4)30(33(12-21)53-5)20-45-16-22(41-42-45)15-44-17-24(18-44)54-23-7-8-26-27(13-23)38(51)46(37(26)50)31-9-10-34(47)40-35(31)48/h6-8,11-14,16,19,24,31H,2,9-10,15,17-18,20H2,1,3-5H3,(H,40,47,48)/b25-6+,28-14+. The Morgan fingerprint density at radius 1 is 0.944 bits per heavy atom. The Morgan fingerprint density at radius 2 is 1.67 bits per heavy atom. The molecule has 16 nitrogen and oxygen atoms in total. The quantitative estimate of drug-likeness (QED) is 0.169. The van der Waals surface area contributed by atoms with Gasteiger partial charge in [-0.1, -0.05) is 11.3 Å². The number of nitrogens with zero attached hydrogens (tertiary/aromatic N) is 7. The normalized spacial score (nSPS) is 18.1.